The highest BCUT2D eigenvalue weighted by molar-refractivity contribution is 4.90. The van der Waals surface area contributed by atoms with Gasteiger partial charge >= 0.3 is 6.18 Å². The Kier molecular flexibility index (Phi) is 4.35. The molecule has 0 spiro atoms. The Labute approximate surface area is 71.5 Å². The fourth-order valence-electron chi connectivity index (χ4n) is 1.06. The van der Waals surface area contributed by atoms with Crippen LogP contribution in [0.4, 0.5) is 13.2 Å². The van der Waals surface area contributed by atoms with Crippen molar-refractivity contribution in [1.82, 2.24) is 0 Å². The van der Waals surface area contributed by atoms with E-state index in [2.05, 4.69) is 0 Å². The molecular formula is C9H15F3. The van der Waals surface area contributed by atoms with Crippen LogP contribution >= 0.6 is 0 Å². The molecule has 1 atom stereocenters. The van der Waals surface area contributed by atoms with Crippen molar-refractivity contribution in [2.24, 2.45) is 11.8 Å². The maximum atomic E-state index is 12.2. The summed E-state index contributed by atoms with van der Waals surface area (Å²) in [6.07, 6.45) is -1.23. The van der Waals surface area contributed by atoms with Crippen LogP contribution in [-0.4, -0.2) is 6.18 Å². The Morgan fingerprint density at radius 3 is 2.00 bits per heavy atom. The highest BCUT2D eigenvalue weighted by Crippen LogP contribution is 2.32. The van der Waals surface area contributed by atoms with E-state index in [1.165, 1.54) is 12.2 Å². The van der Waals surface area contributed by atoms with E-state index < -0.39 is 12.1 Å². The Hall–Kier alpha value is -0.470. The normalized spacial score (nSPS) is 15.9. The molecule has 0 radical (unpaired) electrons. The third-order valence-electron chi connectivity index (χ3n) is 1.57. The zero-order valence-corrected chi connectivity index (χ0v) is 7.65. The molecule has 12 heavy (non-hydrogen) atoms. The SMILES string of the molecule is CC=CC(CC(C)C)C(F)(F)F. The number of alkyl halides is 3. The van der Waals surface area contributed by atoms with Gasteiger partial charge in [0.2, 0.25) is 0 Å². The molecule has 0 fully saturated rings. The van der Waals surface area contributed by atoms with Gasteiger partial charge in [-0.15, -0.1) is 0 Å². The lowest BCUT2D eigenvalue weighted by molar-refractivity contribution is -0.164. The van der Waals surface area contributed by atoms with Gasteiger partial charge in [-0.25, -0.2) is 0 Å². The first kappa shape index (κ1) is 11.5. The van der Waals surface area contributed by atoms with E-state index in [4.69, 9.17) is 0 Å². The number of hydrogen-bond acceptors (Lipinski definition) is 0. The van der Waals surface area contributed by atoms with Gasteiger partial charge in [-0.2, -0.15) is 13.2 Å². The monoisotopic (exact) mass is 180 g/mol. The van der Waals surface area contributed by atoms with Gasteiger partial charge in [-0.05, 0) is 19.3 Å². The van der Waals surface area contributed by atoms with Crippen molar-refractivity contribution in [1.29, 1.82) is 0 Å². The van der Waals surface area contributed by atoms with Crippen molar-refractivity contribution >= 4 is 0 Å². The van der Waals surface area contributed by atoms with Crippen molar-refractivity contribution in [2.45, 2.75) is 33.4 Å². The molecule has 0 aromatic carbocycles. The van der Waals surface area contributed by atoms with Crippen molar-refractivity contribution in [3.05, 3.63) is 12.2 Å². The van der Waals surface area contributed by atoms with Crippen LogP contribution < -0.4 is 0 Å². The van der Waals surface area contributed by atoms with Crippen LogP contribution in [0.15, 0.2) is 12.2 Å². The number of allylic oxidation sites excluding steroid dienone is 2. The summed E-state index contributed by atoms with van der Waals surface area (Å²) in [5, 5.41) is 0. The fourth-order valence-corrected chi connectivity index (χ4v) is 1.06. The largest absolute Gasteiger partial charge is 0.395 e. The van der Waals surface area contributed by atoms with Crippen LogP contribution in [-0.2, 0) is 0 Å². The van der Waals surface area contributed by atoms with Crippen LogP contribution in [0.5, 0.6) is 0 Å². The lowest BCUT2D eigenvalue weighted by Crippen LogP contribution is -2.22. The molecule has 0 amide bonds. The van der Waals surface area contributed by atoms with Crippen molar-refractivity contribution < 1.29 is 13.2 Å². The quantitative estimate of drug-likeness (QED) is 0.580. The minimum absolute atomic E-state index is 0.0767. The third kappa shape index (κ3) is 4.42. The van der Waals surface area contributed by atoms with Crippen LogP contribution in [0.2, 0.25) is 0 Å². The topological polar surface area (TPSA) is 0 Å². The first-order valence-electron chi connectivity index (χ1n) is 4.07. The average molecular weight is 180 g/mol. The summed E-state index contributed by atoms with van der Waals surface area (Å²) in [5.74, 6) is -1.20. The second kappa shape index (κ2) is 4.53. The van der Waals surface area contributed by atoms with Crippen molar-refractivity contribution in [2.75, 3.05) is 0 Å². The van der Waals surface area contributed by atoms with Gasteiger partial charge in [-0.1, -0.05) is 26.0 Å². The standard InChI is InChI=1S/C9H15F3/c1-4-5-8(6-7(2)3)9(10,11)12/h4-5,7-8H,6H2,1-3H3. The molecule has 0 heterocycles. The van der Waals surface area contributed by atoms with E-state index in [0.717, 1.165) is 0 Å². The lowest BCUT2D eigenvalue weighted by Gasteiger charge is -2.18. The van der Waals surface area contributed by atoms with E-state index >= 15 is 0 Å². The van der Waals surface area contributed by atoms with Gasteiger partial charge in [0.05, 0.1) is 5.92 Å². The van der Waals surface area contributed by atoms with Crippen LogP contribution in [0.1, 0.15) is 27.2 Å². The summed E-state index contributed by atoms with van der Waals surface area (Å²) < 4.78 is 36.6. The molecule has 0 N–H and O–H groups in total. The molecule has 0 rings (SSSR count). The molecule has 3 heteroatoms. The highest BCUT2D eigenvalue weighted by atomic mass is 19.4. The predicted octanol–water partition coefficient (Wildman–Crippen LogP) is 3.79. The van der Waals surface area contributed by atoms with Crippen LogP contribution in [0, 0.1) is 11.8 Å². The molecule has 0 aliphatic rings. The molecule has 0 aromatic rings. The molecule has 0 saturated carbocycles. The van der Waals surface area contributed by atoms with Gasteiger partial charge < -0.3 is 0 Å². The van der Waals surface area contributed by atoms with E-state index in [9.17, 15) is 13.2 Å². The molecule has 72 valence electrons. The maximum Gasteiger partial charge on any atom is 0.395 e. The molecule has 1 unspecified atom stereocenters. The molecule has 0 aliphatic heterocycles. The fraction of sp³-hybridized carbons (Fsp3) is 0.778. The predicted molar refractivity (Wildman–Crippen MR) is 43.8 cm³/mol. The number of hydrogen-bond donors (Lipinski definition) is 0. The highest BCUT2D eigenvalue weighted by Gasteiger charge is 2.37. The minimum Gasteiger partial charge on any atom is -0.170 e. The summed E-state index contributed by atoms with van der Waals surface area (Å²) in [6, 6.07) is 0. The molecule has 0 aromatic heterocycles. The number of rotatable bonds is 3. The zero-order valence-electron chi connectivity index (χ0n) is 7.65. The average Bonchev–Trinajstić information content (AvgIpc) is 1.83. The summed E-state index contributed by atoms with van der Waals surface area (Å²) in [6.45, 7) is 5.20. The summed E-state index contributed by atoms with van der Waals surface area (Å²) in [7, 11) is 0. The lowest BCUT2D eigenvalue weighted by atomic mass is 9.96. The van der Waals surface area contributed by atoms with Gasteiger partial charge in [0.1, 0.15) is 0 Å². The summed E-state index contributed by atoms with van der Waals surface area (Å²) >= 11 is 0. The van der Waals surface area contributed by atoms with E-state index in [-0.39, 0.29) is 12.3 Å². The van der Waals surface area contributed by atoms with Crippen molar-refractivity contribution in [3.63, 3.8) is 0 Å². The van der Waals surface area contributed by atoms with Gasteiger partial charge in [0, 0.05) is 0 Å². The van der Waals surface area contributed by atoms with Crippen molar-refractivity contribution in [3.8, 4) is 0 Å². The van der Waals surface area contributed by atoms with E-state index in [0.29, 0.717) is 0 Å². The van der Waals surface area contributed by atoms with Gasteiger partial charge in [-0.3, -0.25) is 0 Å². The van der Waals surface area contributed by atoms with Crippen LogP contribution in [0.3, 0.4) is 0 Å². The summed E-state index contributed by atoms with van der Waals surface area (Å²) in [4.78, 5) is 0. The van der Waals surface area contributed by atoms with Gasteiger partial charge in [0.25, 0.3) is 0 Å². The third-order valence-corrected chi connectivity index (χ3v) is 1.57. The molecule has 0 bridgehead atoms. The second-order valence-electron chi connectivity index (χ2n) is 3.30. The minimum atomic E-state index is -4.09. The number of halogens is 3. The summed E-state index contributed by atoms with van der Waals surface area (Å²) in [5.41, 5.74) is 0. The van der Waals surface area contributed by atoms with E-state index in [1.54, 1.807) is 20.8 Å². The van der Waals surface area contributed by atoms with E-state index in [1.807, 2.05) is 0 Å². The molecular weight excluding hydrogens is 165 g/mol. The smallest absolute Gasteiger partial charge is 0.170 e. The first-order valence-corrected chi connectivity index (χ1v) is 4.07. The molecule has 0 nitrogen and oxygen atoms in total. The Morgan fingerprint density at radius 1 is 1.25 bits per heavy atom. The molecule has 0 aliphatic carbocycles. The van der Waals surface area contributed by atoms with Gasteiger partial charge in [0.15, 0.2) is 0 Å². The Balaban J connectivity index is 4.24. The first-order chi connectivity index (χ1) is 5.38. The maximum absolute atomic E-state index is 12.2. The van der Waals surface area contributed by atoms with Crippen LogP contribution in [0.25, 0.3) is 0 Å². The Bertz CT molecular complexity index is 144. The Morgan fingerprint density at radius 2 is 1.75 bits per heavy atom. The second-order valence-corrected chi connectivity index (χ2v) is 3.30. The molecule has 0 saturated heterocycles. The zero-order chi connectivity index (χ0) is 9.78.